The van der Waals surface area contributed by atoms with E-state index in [1.54, 1.807) is 12.1 Å². The van der Waals surface area contributed by atoms with E-state index in [0.717, 1.165) is 24.2 Å². The summed E-state index contributed by atoms with van der Waals surface area (Å²) in [4.78, 5) is 0. The molecule has 0 spiro atoms. The molecule has 1 fully saturated rings. The summed E-state index contributed by atoms with van der Waals surface area (Å²) in [6.45, 7) is 6.34. The minimum Gasteiger partial charge on any atom is -0.508 e. The van der Waals surface area contributed by atoms with Crippen molar-refractivity contribution in [3.8, 4) is 11.5 Å². The Hall–Kier alpha value is -1.22. The van der Waals surface area contributed by atoms with Gasteiger partial charge in [-0.15, -0.1) is 0 Å². The van der Waals surface area contributed by atoms with E-state index in [-0.39, 0.29) is 17.5 Å². The Morgan fingerprint density at radius 1 is 1.28 bits per heavy atom. The largest absolute Gasteiger partial charge is 0.508 e. The van der Waals surface area contributed by atoms with Crippen molar-refractivity contribution in [3.05, 3.63) is 23.8 Å². The van der Waals surface area contributed by atoms with Gasteiger partial charge in [-0.2, -0.15) is 0 Å². The third kappa shape index (κ3) is 1.77. The Morgan fingerprint density at radius 2 is 2.06 bits per heavy atom. The van der Waals surface area contributed by atoms with Crippen LogP contribution in [0.15, 0.2) is 18.2 Å². The number of fused-ring (bicyclic) bond motifs is 3. The van der Waals surface area contributed by atoms with E-state index >= 15 is 0 Å². The van der Waals surface area contributed by atoms with Crippen LogP contribution in [0, 0.1) is 5.92 Å². The summed E-state index contributed by atoms with van der Waals surface area (Å²) in [5, 5.41) is 9.59. The van der Waals surface area contributed by atoms with Crippen LogP contribution in [0.2, 0.25) is 0 Å². The molecule has 3 rings (SSSR count). The summed E-state index contributed by atoms with van der Waals surface area (Å²) >= 11 is 0. The minimum atomic E-state index is -0.244. The normalized spacial score (nSPS) is 33.2. The van der Waals surface area contributed by atoms with Crippen LogP contribution in [-0.2, 0) is 4.74 Å². The maximum Gasteiger partial charge on any atom is 0.129 e. The van der Waals surface area contributed by atoms with Crippen molar-refractivity contribution in [3.63, 3.8) is 0 Å². The summed E-state index contributed by atoms with van der Waals surface area (Å²) in [6, 6.07) is 5.33. The Bertz CT molecular complexity index is 467. The van der Waals surface area contributed by atoms with Crippen molar-refractivity contribution in [1.82, 2.24) is 0 Å². The number of phenolic OH excluding ortho intramolecular Hbond substituents is 1. The molecule has 0 unspecified atom stereocenters. The molecule has 0 amide bonds. The summed E-state index contributed by atoms with van der Waals surface area (Å²) in [7, 11) is 0. The number of aromatic hydroxyl groups is 1. The first-order chi connectivity index (χ1) is 8.47. The molecule has 2 aliphatic heterocycles. The zero-order chi connectivity index (χ0) is 12.9. The Balaban J connectivity index is 2.06. The van der Waals surface area contributed by atoms with Gasteiger partial charge in [0.15, 0.2) is 0 Å². The summed E-state index contributed by atoms with van der Waals surface area (Å²) in [5.74, 6) is 1.38. The predicted octanol–water partition coefficient (Wildman–Crippen LogP) is 3.42. The molecule has 18 heavy (non-hydrogen) atoms. The molecule has 98 valence electrons. The van der Waals surface area contributed by atoms with E-state index in [4.69, 9.17) is 9.47 Å². The second kappa shape index (κ2) is 3.89. The number of rotatable bonds is 0. The van der Waals surface area contributed by atoms with Crippen LogP contribution >= 0.6 is 0 Å². The number of hydrogen-bond acceptors (Lipinski definition) is 3. The van der Waals surface area contributed by atoms with Crippen LogP contribution in [0.1, 0.15) is 45.3 Å². The van der Waals surface area contributed by atoms with Crippen molar-refractivity contribution in [2.24, 2.45) is 5.92 Å². The molecule has 1 aromatic rings. The maximum absolute atomic E-state index is 9.59. The molecule has 0 saturated carbocycles. The van der Waals surface area contributed by atoms with Crippen LogP contribution < -0.4 is 4.74 Å². The molecular weight excluding hydrogens is 228 g/mol. The monoisotopic (exact) mass is 248 g/mol. The van der Waals surface area contributed by atoms with Crippen LogP contribution in [0.4, 0.5) is 0 Å². The molecule has 1 N–H and O–H groups in total. The van der Waals surface area contributed by atoms with Gasteiger partial charge in [-0.25, -0.2) is 0 Å². The quantitative estimate of drug-likeness (QED) is 0.764. The zero-order valence-electron chi connectivity index (χ0n) is 11.1. The smallest absolute Gasteiger partial charge is 0.129 e. The first-order valence-corrected chi connectivity index (χ1v) is 6.65. The molecule has 1 saturated heterocycles. The molecule has 0 bridgehead atoms. The molecule has 3 heteroatoms. The molecule has 3 nitrogen and oxygen atoms in total. The highest BCUT2D eigenvalue weighted by atomic mass is 16.5. The van der Waals surface area contributed by atoms with Crippen molar-refractivity contribution in [2.75, 3.05) is 0 Å². The molecule has 2 aliphatic rings. The molecule has 3 atom stereocenters. The number of benzene rings is 1. The van der Waals surface area contributed by atoms with E-state index in [1.807, 2.05) is 6.07 Å². The van der Waals surface area contributed by atoms with Crippen molar-refractivity contribution >= 4 is 0 Å². The highest BCUT2D eigenvalue weighted by molar-refractivity contribution is 5.44. The fourth-order valence-electron chi connectivity index (χ4n) is 3.19. The van der Waals surface area contributed by atoms with E-state index < -0.39 is 0 Å². The van der Waals surface area contributed by atoms with E-state index in [2.05, 4.69) is 20.8 Å². The SMILES string of the molecule is C[C@@H]1CC[C@@H]2[C@@H](O1)c1ccc(O)cc1OC2(C)C. The van der Waals surface area contributed by atoms with Gasteiger partial charge in [0.25, 0.3) is 0 Å². The summed E-state index contributed by atoms with van der Waals surface area (Å²) in [5.41, 5.74) is 0.828. The number of phenols is 1. The fourth-order valence-corrected chi connectivity index (χ4v) is 3.19. The zero-order valence-corrected chi connectivity index (χ0v) is 11.1. The van der Waals surface area contributed by atoms with Gasteiger partial charge in [-0.1, -0.05) is 0 Å². The van der Waals surface area contributed by atoms with Gasteiger partial charge < -0.3 is 14.6 Å². The molecule has 0 aliphatic carbocycles. The lowest BCUT2D eigenvalue weighted by Crippen LogP contribution is -2.48. The van der Waals surface area contributed by atoms with E-state index in [9.17, 15) is 5.11 Å². The molecular formula is C15H20O3. The fraction of sp³-hybridized carbons (Fsp3) is 0.600. The third-order valence-corrected chi connectivity index (χ3v) is 4.20. The summed E-state index contributed by atoms with van der Waals surface area (Å²) in [6.07, 6.45) is 2.59. The van der Waals surface area contributed by atoms with Gasteiger partial charge in [0.1, 0.15) is 17.1 Å². The highest BCUT2D eigenvalue weighted by Gasteiger charge is 2.46. The number of ether oxygens (including phenoxy) is 2. The first kappa shape index (κ1) is 11.8. The molecule has 2 heterocycles. The highest BCUT2D eigenvalue weighted by Crippen LogP contribution is 2.50. The standard InChI is InChI=1S/C15H20O3/c1-9-4-7-12-14(17-9)11-6-5-10(16)8-13(11)18-15(12,2)3/h5-6,8-9,12,14,16H,4,7H2,1-3H3/t9-,12-,14+/m1/s1. The van der Waals surface area contributed by atoms with Crippen molar-refractivity contribution < 1.29 is 14.6 Å². The average Bonchev–Trinajstić information content (AvgIpc) is 2.27. The third-order valence-electron chi connectivity index (χ3n) is 4.20. The van der Waals surface area contributed by atoms with Gasteiger partial charge in [0.2, 0.25) is 0 Å². The lowest BCUT2D eigenvalue weighted by atomic mass is 9.75. The molecule has 0 radical (unpaired) electrons. The molecule has 1 aromatic carbocycles. The van der Waals surface area contributed by atoms with Crippen molar-refractivity contribution in [1.29, 1.82) is 0 Å². The van der Waals surface area contributed by atoms with Gasteiger partial charge in [0, 0.05) is 17.5 Å². The van der Waals surface area contributed by atoms with Crippen LogP contribution in [0.25, 0.3) is 0 Å². The lowest BCUT2D eigenvalue weighted by molar-refractivity contribution is -0.144. The van der Waals surface area contributed by atoms with Gasteiger partial charge in [0.05, 0.1) is 12.2 Å². The Kier molecular flexibility index (Phi) is 2.56. The second-order valence-corrected chi connectivity index (χ2v) is 5.98. The lowest BCUT2D eigenvalue weighted by Gasteiger charge is -2.48. The summed E-state index contributed by atoms with van der Waals surface area (Å²) < 4.78 is 12.2. The number of hydrogen-bond donors (Lipinski definition) is 1. The van der Waals surface area contributed by atoms with Crippen molar-refractivity contribution in [2.45, 2.75) is 51.4 Å². The molecule has 0 aromatic heterocycles. The average molecular weight is 248 g/mol. The van der Waals surface area contributed by atoms with Gasteiger partial charge >= 0.3 is 0 Å². The van der Waals surface area contributed by atoms with Gasteiger partial charge in [-0.3, -0.25) is 0 Å². The van der Waals surface area contributed by atoms with E-state index in [0.29, 0.717) is 12.0 Å². The van der Waals surface area contributed by atoms with Crippen LogP contribution in [-0.4, -0.2) is 16.8 Å². The topological polar surface area (TPSA) is 38.7 Å². The Morgan fingerprint density at radius 3 is 2.83 bits per heavy atom. The minimum absolute atomic E-state index is 0.0908. The Labute approximate surface area is 108 Å². The van der Waals surface area contributed by atoms with Crippen LogP contribution in [0.3, 0.4) is 0 Å². The maximum atomic E-state index is 9.59. The predicted molar refractivity (Wildman–Crippen MR) is 68.8 cm³/mol. The second-order valence-electron chi connectivity index (χ2n) is 5.98. The van der Waals surface area contributed by atoms with Crippen LogP contribution in [0.5, 0.6) is 11.5 Å². The first-order valence-electron chi connectivity index (χ1n) is 6.65. The van der Waals surface area contributed by atoms with E-state index in [1.165, 1.54) is 0 Å². The van der Waals surface area contributed by atoms with Gasteiger partial charge in [-0.05, 0) is 45.7 Å².